The summed E-state index contributed by atoms with van der Waals surface area (Å²) in [5.41, 5.74) is 2.07. The third-order valence-electron chi connectivity index (χ3n) is 5.08. The number of aliphatic imine (C=N–C) groups is 1. The van der Waals surface area contributed by atoms with E-state index in [0.29, 0.717) is 24.5 Å². The lowest BCUT2D eigenvalue weighted by Gasteiger charge is -2.11. The van der Waals surface area contributed by atoms with Crippen LogP contribution in [0, 0.1) is 0 Å². The molecule has 0 saturated carbocycles. The number of amides is 1. The number of carbonyl (C=O) groups excluding carboxylic acids is 1. The fourth-order valence-corrected chi connectivity index (χ4v) is 4.61. The first-order chi connectivity index (χ1) is 15.5. The Hall–Kier alpha value is -3.46. The molecule has 0 radical (unpaired) electrons. The van der Waals surface area contributed by atoms with E-state index >= 15 is 0 Å². The lowest BCUT2D eigenvalue weighted by Crippen LogP contribution is -2.30. The number of para-hydroxylation sites is 1. The van der Waals surface area contributed by atoms with Crippen LogP contribution in [-0.2, 0) is 21.2 Å². The molecular weight excluding hydrogens is 426 g/mol. The topological polar surface area (TPSA) is 105 Å². The largest absolute Gasteiger partial charge is 0.326 e. The molecule has 32 heavy (non-hydrogen) atoms. The highest BCUT2D eigenvalue weighted by Crippen LogP contribution is 2.17. The van der Waals surface area contributed by atoms with Crippen LogP contribution in [0.4, 0.5) is 5.69 Å². The smallest absolute Gasteiger partial charge is 0.262 e. The average Bonchev–Trinajstić information content (AvgIpc) is 3.10. The number of hydrogen-bond donors (Lipinski definition) is 2. The van der Waals surface area contributed by atoms with Crippen molar-refractivity contribution in [2.45, 2.75) is 37.0 Å². The Labute approximate surface area is 187 Å². The molecule has 2 N–H and O–H groups in total. The maximum Gasteiger partial charge on any atom is 0.262 e. The monoisotopic (exact) mass is 451 g/mol. The van der Waals surface area contributed by atoms with Gasteiger partial charge in [-0.2, -0.15) is 5.10 Å². The van der Waals surface area contributed by atoms with Gasteiger partial charge < -0.3 is 5.32 Å². The van der Waals surface area contributed by atoms with Crippen LogP contribution in [0.2, 0.25) is 0 Å². The predicted octanol–water partition coefficient (Wildman–Crippen LogP) is 3.30. The van der Waals surface area contributed by atoms with E-state index < -0.39 is 10.0 Å². The lowest BCUT2D eigenvalue weighted by atomic mass is 10.2. The molecule has 9 heteroatoms. The van der Waals surface area contributed by atoms with Gasteiger partial charge in [0, 0.05) is 24.8 Å². The van der Waals surface area contributed by atoms with E-state index in [4.69, 9.17) is 0 Å². The summed E-state index contributed by atoms with van der Waals surface area (Å²) in [5.74, 6) is 0.237. The molecule has 0 unspecified atom stereocenters. The average molecular weight is 452 g/mol. The van der Waals surface area contributed by atoms with Crippen molar-refractivity contribution in [1.82, 2.24) is 14.5 Å². The van der Waals surface area contributed by atoms with Gasteiger partial charge in [0.25, 0.3) is 10.0 Å². The van der Waals surface area contributed by atoms with Crippen molar-refractivity contribution in [3.63, 3.8) is 0 Å². The van der Waals surface area contributed by atoms with E-state index in [-0.39, 0.29) is 17.2 Å². The molecule has 1 aliphatic heterocycles. The summed E-state index contributed by atoms with van der Waals surface area (Å²) in [4.78, 5) is 16.9. The van der Waals surface area contributed by atoms with E-state index in [1.807, 2.05) is 30.3 Å². The zero-order valence-electron chi connectivity index (χ0n) is 17.6. The molecule has 4 rings (SSSR count). The molecule has 1 amide bonds. The Balaban J connectivity index is 1.41. The molecule has 1 aliphatic rings. The second-order valence-electron chi connectivity index (χ2n) is 7.63. The van der Waals surface area contributed by atoms with Gasteiger partial charge in [0.15, 0.2) is 0 Å². The number of nitrogens with one attached hydrogen (secondary N) is 2. The van der Waals surface area contributed by atoms with Crippen LogP contribution in [0.25, 0.3) is 5.69 Å². The van der Waals surface area contributed by atoms with Crippen molar-refractivity contribution >= 4 is 27.5 Å². The highest BCUT2D eigenvalue weighted by Gasteiger charge is 2.18. The summed E-state index contributed by atoms with van der Waals surface area (Å²) in [6, 6.07) is 15.8. The highest BCUT2D eigenvalue weighted by atomic mass is 32.2. The van der Waals surface area contributed by atoms with E-state index in [9.17, 15) is 13.2 Å². The molecule has 0 atom stereocenters. The first-order valence-electron chi connectivity index (χ1n) is 10.5. The van der Waals surface area contributed by atoms with E-state index in [1.54, 1.807) is 29.2 Å². The molecular formula is C23H25N5O3S. The maximum atomic E-state index is 12.8. The number of amidine groups is 1. The van der Waals surface area contributed by atoms with E-state index in [2.05, 4.69) is 20.1 Å². The Morgan fingerprint density at radius 3 is 2.72 bits per heavy atom. The lowest BCUT2D eigenvalue weighted by molar-refractivity contribution is -0.115. The van der Waals surface area contributed by atoms with E-state index in [1.165, 1.54) is 12.1 Å². The summed E-state index contributed by atoms with van der Waals surface area (Å²) >= 11 is 0. The van der Waals surface area contributed by atoms with Gasteiger partial charge in [-0.1, -0.05) is 30.7 Å². The fourth-order valence-electron chi connectivity index (χ4n) is 3.48. The predicted molar refractivity (Wildman–Crippen MR) is 123 cm³/mol. The summed E-state index contributed by atoms with van der Waals surface area (Å²) in [6.45, 7) is 0.634. The van der Waals surface area contributed by atoms with Crippen molar-refractivity contribution in [1.29, 1.82) is 0 Å². The van der Waals surface area contributed by atoms with Crippen molar-refractivity contribution in [2.75, 3.05) is 11.9 Å². The summed E-state index contributed by atoms with van der Waals surface area (Å²) in [7, 11) is -3.77. The normalized spacial score (nSPS) is 14.3. The van der Waals surface area contributed by atoms with Gasteiger partial charge in [-0.05, 0) is 48.7 Å². The third-order valence-corrected chi connectivity index (χ3v) is 6.46. The van der Waals surface area contributed by atoms with Crippen LogP contribution in [0.1, 0.15) is 31.2 Å². The SMILES string of the molecule is O=C(Cc1cnn(-c2ccccc2)c1)Nc1cccc(S(=O)(=O)NC2=NCCCCC2)c1. The summed E-state index contributed by atoms with van der Waals surface area (Å²) in [6.07, 6.45) is 7.11. The molecule has 8 nitrogen and oxygen atoms in total. The molecule has 166 valence electrons. The minimum Gasteiger partial charge on any atom is -0.326 e. The zero-order chi connectivity index (χ0) is 22.4. The summed E-state index contributed by atoms with van der Waals surface area (Å²) < 4.78 is 29.8. The number of anilines is 1. The molecule has 3 aromatic rings. The van der Waals surface area contributed by atoms with Crippen LogP contribution in [-0.4, -0.2) is 36.5 Å². The van der Waals surface area contributed by atoms with Crippen LogP contribution in [0.15, 0.2) is 76.9 Å². The zero-order valence-corrected chi connectivity index (χ0v) is 18.4. The molecule has 0 saturated heterocycles. The van der Waals surface area contributed by atoms with Crippen molar-refractivity contribution in [3.05, 3.63) is 72.6 Å². The molecule has 0 aliphatic carbocycles. The molecule has 2 heterocycles. The Morgan fingerprint density at radius 1 is 1.03 bits per heavy atom. The van der Waals surface area contributed by atoms with Gasteiger partial charge in [0.2, 0.25) is 5.91 Å². The first kappa shape index (κ1) is 21.8. The third kappa shape index (κ3) is 5.61. The number of nitrogens with zero attached hydrogens (tertiary/aromatic N) is 3. The minimum absolute atomic E-state index is 0.0825. The summed E-state index contributed by atoms with van der Waals surface area (Å²) in [5, 5.41) is 7.06. The van der Waals surface area contributed by atoms with Crippen molar-refractivity contribution in [2.24, 2.45) is 4.99 Å². The van der Waals surface area contributed by atoms with Gasteiger partial charge >= 0.3 is 0 Å². The second-order valence-corrected chi connectivity index (χ2v) is 9.31. The van der Waals surface area contributed by atoms with Crippen LogP contribution >= 0.6 is 0 Å². The Bertz CT molecular complexity index is 1220. The molecule has 0 bridgehead atoms. The molecule has 1 aromatic heterocycles. The number of aromatic nitrogens is 2. The number of hydrogen-bond acceptors (Lipinski definition) is 5. The minimum atomic E-state index is -3.77. The van der Waals surface area contributed by atoms with Crippen LogP contribution < -0.4 is 10.0 Å². The molecule has 0 spiro atoms. The van der Waals surface area contributed by atoms with Crippen LogP contribution in [0.3, 0.4) is 0 Å². The quantitative estimate of drug-likeness (QED) is 0.600. The second kappa shape index (κ2) is 9.78. The Kier molecular flexibility index (Phi) is 6.65. The van der Waals surface area contributed by atoms with Gasteiger partial charge in [0.05, 0.1) is 23.2 Å². The van der Waals surface area contributed by atoms with Crippen molar-refractivity contribution < 1.29 is 13.2 Å². The first-order valence-corrected chi connectivity index (χ1v) is 12.0. The maximum absolute atomic E-state index is 12.8. The Morgan fingerprint density at radius 2 is 1.88 bits per heavy atom. The molecule has 2 aromatic carbocycles. The van der Waals surface area contributed by atoms with Crippen LogP contribution in [0.5, 0.6) is 0 Å². The number of benzene rings is 2. The fraction of sp³-hybridized carbons (Fsp3) is 0.261. The standard InChI is InChI=1S/C23H25N5O3S/c29-23(14-18-16-25-28(17-18)20-9-3-1-4-10-20)26-19-8-7-11-21(15-19)32(30,31)27-22-12-5-2-6-13-24-22/h1,3-4,7-11,15-17H,2,5-6,12-14H2,(H,24,27)(H,26,29). The highest BCUT2D eigenvalue weighted by molar-refractivity contribution is 7.90. The van der Waals surface area contributed by atoms with Gasteiger partial charge in [-0.3, -0.25) is 14.5 Å². The number of rotatable bonds is 6. The van der Waals surface area contributed by atoms with Crippen molar-refractivity contribution in [3.8, 4) is 5.69 Å². The van der Waals surface area contributed by atoms with Gasteiger partial charge in [-0.25, -0.2) is 13.1 Å². The van der Waals surface area contributed by atoms with Gasteiger partial charge in [-0.15, -0.1) is 0 Å². The number of carbonyl (C=O) groups is 1. The van der Waals surface area contributed by atoms with E-state index in [0.717, 1.165) is 30.5 Å². The number of sulfonamides is 1. The molecule has 0 fully saturated rings. The van der Waals surface area contributed by atoms with Gasteiger partial charge in [0.1, 0.15) is 5.84 Å².